The van der Waals surface area contributed by atoms with Gasteiger partial charge in [-0.15, -0.1) is 0 Å². The third-order valence-corrected chi connectivity index (χ3v) is 3.17. The quantitative estimate of drug-likeness (QED) is 0.669. The van der Waals surface area contributed by atoms with Crippen LogP contribution in [0.4, 0.5) is 5.69 Å². The van der Waals surface area contributed by atoms with E-state index >= 15 is 0 Å². The van der Waals surface area contributed by atoms with Gasteiger partial charge in [-0.3, -0.25) is 4.79 Å². The summed E-state index contributed by atoms with van der Waals surface area (Å²) in [6.45, 7) is 2.05. The van der Waals surface area contributed by atoms with Crippen molar-refractivity contribution in [3.8, 4) is 11.8 Å². The van der Waals surface area contributed by atoms with Crippen LogP contribution in [-0.2, 0) is 11.2 Å². The lowest BCUT2D eigenvalue weighted by Gasteiger charge is -2.05. The molecule has 2 aromatic carbocycles. The molecular weight excluding hydrogens is 276 g/mol. The Labute approximate surface area is 129 Å². The van der Waals surface area contributed by atoms with E-state index in [1.165, 1.54) is 23.8 Å². The number of phenolic OH excluding ortho intramolecular Hbond substituents is 1. The molecule has 4 nitrogen and oxygen atoms in total. The molecule has 0 saturated carbocycles. The molecule has 0 aliphatic heterocycles. The maximum atomic E-state index is 12.1. The second kappa shape index (κ2) is 7.09. The van der Waals surface area contributed by atoms with E-state index in [4.69, 9.17) is 5.26 Å². The van der Waals surface area contributed by atoms with Gasteiger partial charge in [-0.05, 0) is 47.9 Å². The van der Waals surface area contributed by atoms with Crippen LogP contribution in [0.3, 0.4) is 0 Å². The highest BCUT2D eigenvalue weighted by molar-refractivity contribution is 6.09. The first-order chi connectivity index (χ1) is 10.6. The zero-order valence-electron chi connectivity index (χ0n) is 12.2. The lowest BCUT2D eigenvalue weighted by Crippen LogP contribution is -2.13. The van der Waals surface area contributed by atoms with Crippen LogP contribution in [-0.4, -0.2) is 11.0 Å². The highest BCUT2D eigenvalue weighted by Gasteiger charge is 2.09. The average molecular weight is 292 g/mol. The lowest BCUT2D eigenvalue weighted by atomic mass is 10.1. The van der Waals surface area contributed by atoms with Crippen LogP contribution in [0.25, 0.3) is 6.08 Å². The Morgan fingerprint density at radius 3 is 2.59 bits per heavy atom. The van der Waals surface area contributed by atoms with Crippen molar-refractivity contribution in [2.45, 2.75) is 13.3 Å². The third-order valence-electron chi connectivity index (χ3n) is 3.17. The number of carbonyl (C=O) groups is 1. The van der Waals surface area contributed by atoms with E-state index in [0.29, 0.717) is 11.3 Å². The topological polar surface area (TPSA) is 73.1 Å². The molecule has 0 unspecified atom stereocenters. The van der Waals surface area contributed by atoms with Crippen molar-refractivity contribution in [2.24, 2.45) is 0 Å². The van der Waals surface area contributed by atoms with Crippen LogP contribution in [0, 0.1) is 11.3 Å². The molecule has 0 radical (unpaired) electrons. The van der Waals surface area contributed by atoms with Gasteiger partial charge in [0, 0.05) is 5.69 Å². The zero-order valence-corrected chi connectivity index (χ0v) is 12.2. The fourth-order valence-electron chi connectivity index (χ4n) is 1.95. The number of phenols is 1. The smallest absolute Gasteiger partial charge is 0.266 e. The summed E-state index contributed by atoms with van der Waals surface area (Å²) >= 11 is 0. The van der Waals surface area contributed by atoms with Crippen molar-refractivity contribution in [1.82, 2.24) is 0 Å². The van der Waals surface area contributed by atoms with E-state index < -0.39 is 5.91 Å². The molecule has 0 bridgehead atoms. The molecular formula is C18H16N2O2. The summed E-state index contributed by atoms with van der Waals surface area (Å²) in [4.78, 5) is 12.1. The summed E-state index contributed by atoms with van der Waals surface area (Å²) in [7, 11) is 0. The fourth-order valence-corrected chi connectivity index (χ4v) is 1.95. The SMILES string of the molecule is CCc1ccc(NC(=O)/C(C#N)=C/c2cccc(O)c2)cc1. The summed E-state index contributed by atoms with van der Waals surface area (Å²) in [5, 5.41) is 21.2. The Bertz CT molecular complexity index is 740. The Kier molecular flexibility index (Phi) is 4.94. The van der Waals surface area contributed by atoms with E-state index in [9.17, 15) is 9.90 Å². The van der Waals surface area contributed by atoms with Gasteiger partial charge < -0.3 is 10.4 Å². The molecule has 0 saturated heterocycles. The molecule has 2 rings (SSSR count). The van der Waals surface area contributed by atoms with Gasteiger partial charge in [0.05, 0.1) is 0 Å². The predicted molar refractivity (Wildman–Crippen MR) is 86.1 cm³/mol. The third kappa shape index (κ3) is 3.97. The Hall–Kier alpha value is -3.06. The van der Waals surface area contributed by atoms with Gasteiger partial charge >= 0.3 is 0 Å². The first-order valence-electron chi connectivity index (χ1n) is 6.93. The van der Waals surface area contributed by atoms with Gasteiger partial charge in [0.1, 0.15) is 17.4 Å². The Morgan fingerprint density at radius 2 is 2.00 bits per heavy atom. The molecule has 0 aliphatic rings. The van der Waals surface area contributed by atoms with Gasteiger partial charge in [0.15, 0.2) is 0 Å². The molecule has 0 atom stereocenters. The van der Waals surface area contributed by atoms with E-state index in [1.807, 2.05) is 18.2 Å². The molecule has 2 N–H and O–H groups in total. The Balaban J connectivity index is 2.16. The van der Waals surface area contributed by atoms with Gasteiger partial charge in [-0.2, -0.15) is 5.26 Å². The molecule has 1 amide bonds. The van der Waals surface area contributed by atoms with Crippen molar-refractivity contribution in [3.05, 3.63) is 65.2 Å². The molecule has 4 heteroatoms. The number of nitrogens with zero attached hydrogens (tertiary/aromatic N) is 1. The number of carbonyl (C=O) groups excluding carboxylic acids is 1. The summed E-state index contributed by atoms with van der Waals surface area (Å²) in [6, 6.07) is 15.7. The van der Waals surface area contributed by atoms with Gasteiger partial charge in [-0.1, -0.05) is 31.2 Å². The van der Waals surface area contributed by atoms with Gasteiger partial charge in [0.25, 0.3) is 5.91 Å². The molecule has 0 aromatic heterocycles. The summed E-state index contributed by atoms with van der Waals surface area (Å²) in [5.41, 5.74) is 2.38. The van der Waals surface area contributed by atoms with Gasteiger partial charge in [-0.25, -0.2) is 0 Å². The minimum absolute atomic E-state index is 0.0230. The molecule has 2 aromatic rings. The standard InChI is InChI=1S/C18H16N2O2/c1-2-13-6-8-16(9-7-13)20-18(22)15(12-19)10-14-4-3-5-17(21)11-14/h3-11,21H,2H2,1H3,(H,20,22)/b15-10+. The van der Waals surface area contributed by atoms with Crippen molar-refractivity contribution >= 4 is 17.7 Å². The fraction of sp³-hybridized carbons (Fsp3) is 0.111. The van der Waals surface area contributed by atoms with Crippen molar-refractivity contribution in [2.75, 3.05) is 5.32 Å². The number of hydrogen-bond acceptors (Lipinski definition) is 3. The largest absolute Gasteiger partial charge is 0.508 e. The zero-order chi connectivity index (χ0) is 15.9. The van der Waals surface area contributed by atoms with Crippen LogP contribution in [0.2, 0.25) is 0 Å². The average Bonchev–Trinajstić information content (AvgIpc) is 2.53. The lowest BCUT2D eigenvalue weighted by molar-refractivity contribution is -0.112. The number of hydrogen-bond donors (Lipinski definition) is 2. The number of benzene rings is 2. The molecule has 0 aliphatic carbocycles. The number of nitriles is 1. The summed E-state index contributed by atoms with van der Waals surface area (Å²) < 4.78 is 0. The summed E-state index contributed by atoms with van der Waals surface area (Å²) in [5.74, 6) is -0.392. The van der Waals surface area contributed by atoms with Crippen LogP contribution in [0.1, 0.15) is 18.1 Å². The highest BCUT2D eigenvalue weighted by atomic mass is 16.3. The first-order valence-corrected chi connectivity index (χ1v) is 6.93. The van der Waals surface area contributed by atoms with Crippen LogP contribution >= 0.6 is 0 Å². The predicted octanol–water partition coefficient (Wildman–Crippen LogP) is 3.50. The normalized spacial score (nSPS) is 10.8. The molecule has 0 spiro atoms. The molecule has 110 valence electrons. The van der Waals surface area contributed by atoms with Crippen molar-refractivity contribution in [3.63, 3.8) is 0 Å². The van der Waals surface area contributed by atoms with E-state index in [1.54, 1.807) is 24.3 Å². The van der Waals surface area contributed by atoms with Crippen LogP contribution < -0.4 is 5.32 Å². The second-order valence-electron chi connectivity index (χ2n) is 4.77. The maximum absolute atomic E-state index is 12.1. The van der Waals surface area contributed by atoms with Gasteiger partial charge in [0.2, 0.25) is 0 Å². The minimum atomic E-state index is -0.477. The van der Waals surface area contributed by atoms with E-state index in [-0.39, 0.29) is 11.3 Å². The van der Waals surface area contributed by atoms with Crippen LogP contribution in [0.5, 0.6) is 5.75 Å². The monoisotopic (exact) mass is 292 g/mol. The number of rotatable bonds is 4. The number of anilines is 1. The second-order valence-corrected chi connectivity index (χ2v) is 4.77. The maximum Gasteiger partial charge on any atom is 0.266 e. The highest BCUT2D eigenvalue weighted by Crippen LogP contribution is 2.16. The number of amides is 1. The number of nitrogens with one attached hydrogen (secondary N) is 1. The molecule has 22 heavy (non-hydrogen) atoms. The summed E-state index contributed by atoms with van der Waals surface area (Å²) in [6.07, 6.45) is 2.37. The number of aromatic hydroxyl groups is 1. The minimum Gasteiger partial charge on any atom is -0.508 e. The first kappa shape index (κ1) is 15.3. The van der Waals surface area contributed by atoms with Crippen LogP contribution in [0.15, 0.2) is 54.1 Å². The van der Waals surface area contributed by atoms with E-state index in [0.717, 1.165) is 6.42 Å². The Morgan fingerprint density at radius 1 is 1.27 bits per heavy atom. The van der Waals surface area contributed by atoms with Crippen molar-refractivity contribution in [1.29, 1.82) is 5.26 Å². The molecule has 0 heterocycles. The molecule has 0 fully saturated rings. The van der Waals surface area contributed by atoms with E-state index in [2.05, 4.69) is 12.2 Å². The number of aryl methyl sites for hydroxylation is 1. The van der Waals surface area contributed by atoms with Crippen molar-refractivity contribution < 1.29 is 9.90 Å².